The first-order valence-electron chi connectivity index (χ1n) is 6.63. The Bertz CT molecular complexity index is 413. The summed E-state index contributed by atoms with van der Waals surface area (Å²) in [4.78, 5) is 13.5. The van der Waals surface area contributed by atoms with Gasteiger partial charge < -0.3 is 15.0 Å². The van der Waals surface area contributed by atoms with Crippen molar-refractivity contribution in [2.75, 3.05) is 26.2 Å². The first-order valence-corrected chi connectivity index (χ1v) is 6.63. The first kappa shape index (κ1) is 13.8. The lowest BCUT2D eigenvalue weighted by molar-refractivity contribution is -0.767. The van der Waals surface area contributed by atoms with Gasteiger partial charge in [-0.2, -0.15) is 0 Å². The third-order valence-electron chi connectivity index (χ3n) is 3.32. The largest absolute Gasteiger partial charge is 0.660 e. The number of hydrogen-bond acceptors (Lipinski definition) is 5. The van der Waals surface area contributed by atoms with E-state index in [-0.39, 0.29) is 11.9 Å². The molecule has 2 rings (SSSR count). The molecule has 1 N–H and O–H groups in total. The number of likely N-dealkylation sites (tertiary alicyclic amines) is 1. The van der Waals surface area contributed by atoms with E-state index in [2.05, 4.69) is 10.2 Å². The van der Waals surface area contributed by atoms with Crippen molar-refractivity contribution in [1.29, 1.82) is 0 Å². The number of ether oxygens (including phenoxy) is 1. The molecule has 0 radical (unpaired) electrons. The summed E-state index contributed by atoms with van der Waals surface area (Å²) in [5.74, 6) is 0.457. The fourth-order valence-corrected chi connectivity index (χ4v) is 2.35. The van der Waals surface area contributed by atoms with Gasteiger partial charge in [0.05, 0.1) is 13.2 Å². The molecule has 2 heterocycles. The van der Waals surface area contributed by atoms with E-state index in [4.69, 9.17) is 15.0 Å². The standard InChI is InChI=1S/C12H20N4O3/c1-2-18-12(17)9-15-5-3-10(4-6-15)7-16-8-11(13)19-14-16/h8,10H,2-7,9H2,1H3,(H-,13,14). The number of hydrogen-bond donors (Lipinski definition) is 0. The Morgan fingerprint density at radius 1 is 1.63 bits per heavy atom. The van der Waals surface area contributed by atoms with Crippen molar-refractivity contribution < 1.29 is 18.7 Å². The van der Waals surface area contributed by atoms with Crippen molar-refractivity contribution in [2.24, 2.45) is 5.92 Å². The summed E-state index contributed by atoms with van der Waals surface area (Å²) >= 11 is 0. The average Bonchev–Trinajstić information content (AvgIpc) is 2.78. The summed E-state index contributed by atoms with van der Waals surface area (Å²) in [5, 5.41) is 3.77. The Balaban J connectivity index is 1.71. The maximum Gasteiger partial charge on any atom is 0.320 e. The number of carbonyl (C=O) groups is 1. The van der Waals surface area contributed by atoms with Crippen LogP contribution in [-0.2, 0) is 16.1 Å². The normalized spacial score (nSPS) is 17.5. The average molecular weight is 268 g/mol. The van der Waals surface area contributed by atoms with Crippen LogP contribution in [0.5, 0.6) is 0 Å². The van der Waals surface area contributed by atoms with Crippen molar-refractivity contribution in [3.05, 3.63) is 11.9 Å². The van der Waals surface area contributed by atoms with Crippen molar-refractivity contribution in [2.45, 2.75) is 26.3 Å². The molecule has 0 saturated carbocycles. The Morgan fingerprint density at radius 2 is 2.37 bits per heavy atom. The minimum atomic E-state index is -0.148. The molecule has 1 fully saturated rings. The summed E-state index contributed by atoms with van der Waals surface area (Å²) in [5.41, 5.74) is 7.27. The van der Waals surface area contributed by atoms with E-state index in [9.17, 15) is 4.79 Å². The van der Waals surface area contributed by atoms with Crippen LogP contribution in [0.3, 0.4) is 0 Å². The molecule has 1 aliphatic heterocycles. The highest BCUT2D eigenvalue weighted by atomic mass is 16.5. The lowest BCUT2D eigenvalue weighted by Crippen LogP contribution is -2.44. The zero-order valence-corrected chi connectivity index (χ0v) is 11.2. The predicted molar refractivity (Wildman–Crippen MR) is 66.5 cm³/mol. The molecule has 0 aliphatic carbocycles. The highest BCUT2D eigenvalue weighted by molar-refractivity contribution is 5.71. The third kappa shape index (κ3) is 4.20. The quantitative estimate of drug-likeness (QED) is 0.585. The Hall–Kier alpha value is -1.63. The van der Waals surface area contributed by atoms with E-state index in [0.29, 0.717) is 19.1 Å². The predicted octanol–water partition coefficient (Wildman–Crippen LogP) is 0.921. The third-order valence-corrected chi connectivity index (χ3v) is 3.32. The van der Waals surface area contributed by atoms with Crippen molar-refractivity contribution in [3.63, 3.8) is 0 Å². The zero-order chi connectivity index (χ0) is 13.7. The number of esters is 1. The van der Waals surface area contributed by atoms with E-state index in [0.717, 1.165) is 32.5 Å². The molecule has 1 saturated heterocycles. The molecule has 7 heteroatoms. The van der Waals surface area contributed by atoms with E-state index in [1.165, 1.54) is 0 Å². The Morgan fingerprint density at radius 3 is 2.95 bits per heavy atom. The summed E-state index contributed by atoms with van der Waals surface area (Å²) in [7, 11) is 0. The van der Waals surface area contributed by atoms with Gasteiger partial charge in [0, 0.05) is 5.92 Å². The fourth-order valence-electron chi connectivity index (χ4n) is 2.35. The lowest BCUT2D eigenvalue weighted by Gasteiger charge is -2.29. The number of aromatic nitrogens is 2. The monoisotopic (exact) mass is 268 g/mol. The molecule has 0 aromatic carbocycles. The van der Waals surface area contributed by atoms with Gasteiger partial charge in [-0.3, -0.25) is 9.69 Å². The Kier molecular flexibility index (Phi) is 4.73. The molecule has 0 unspecified atom stereocenters. The first-order chi connectivity index (χ1) is 9.17. The molecule has 0 spiro atoms. The van der Waals surface area contributed by atoms with Crippen LogP contribution in [-0.4, -0.2) is 42.4 Å². The lowest BCUT2D eigenvalue weighted by atomic mass is 9.97. The van der Waals surface area contributed by atoms with Gasteiger partial charge in [0.25, 0.3) is 0 Å². The number of piperidine rings is 1. The number of carbonyl (C=O) groups excluding carboxylic acids is 1. The van der Waals surface area contributed by atoms with Crippen LogP contribution in [0.1, 0.15) is 19.8 Å². The van der Waals surface area contributed by atoms with Crippen molar-refractivity contribution in [1.82, 2.24) is 10.2 Å². The van der Waals surface area contributed by atoms with Crippen molar-refractivity contribution >= 4 is 11.9 Å². The van der Waals surface area contributed by atoms with Crippen LogP contribution in [0.4, 0.5) is 5.88 Å². The molecule has 1 aromatic rings. The molecule has 7 nitrogen and oxygen atoms in total. The molecular weight excluding hydrogens is 248 g/mol. The molecule has 0 atom stereocenters. The van der Waals surface area contributed by atoms with Gasteiger partial charge in [0.1, 0.15) is 5.88 Å². The summed E-state index contributed by atoms with van der Waals surface area (Å²) < 4.78 is 11.3. The smallest absolute Gasteiger partial charge is 0.320 e. The molecule has 0 bridgehead atoms. The van der Waals surface area contributed by atoms with Gasteiger partial charge in [0.15, 0.2) is 11.8 Å². The minimum Gasteiger partial charge on any atom is -0.660 e. The van der Waals surface area contributed by atoms with Gasteiger partial charge in [-0.1, -0.05) is 4.68 Å². The van der Waals surface area contributed by atoms with Crippen LogP contribution in [0.15, 0.2) is 10.7 Å². The summed E-state index contributed by atoms with van der Waals surface area (Å²) in [6.45, 7) is 5.21. The molecule has 19 heavy (non-hydrogen) atoms. The van der Waals surface area contributed by atoms with E-state index in [1.807, 2.05) is 6.92 Å². The Labute approximate surface area is 112 Å². The molecule has 0 amide bonds. The van der Waals surface area contributed by atoms with Crippen LogP contribution in [0.25, 0.3) is 5.73 Å². The fraction of sp³-hybridized carbons (Fsp3) is 0.750. The number of rotatable bonds is 5. The molecule has 106 valence electrons. The number of nitrogens with one attached hydrogen (secondary N) is 1. The topological polar surface area (TPSA) is 83.2 Å². The van der Waals surface area contributed by atoms with E-state index in [1.54, 1.807) is 10.9 Å². The van der Waals surface area contributed by atoms with Crippen LogP contribution in [0, 0.1) is 5.92 Å². The van der Waals surface area contributed by atoms with Crippen molar-refractivity contribution in [3.8, 4) is 0 Å². The SMILES string of the molecule is CCOC(=O)CN1CCC(C[n+]2cc([NH-])on2)CC1. The highest BCUT2D eigenvalue weighted by Gasteiger charge is 2.24. The van der Waals surface area contributed by atoms with E-state index < -0.39 is 0 Å². The molecule has 1 aromatic heterocycles. The second-order valence-electron chi connectivity index (χ2n) is 4.81. The minimum absolute atomic E-state index is 0.0831. The maximum absolute atomic E-state index is 11.4. The van der Waals surface area contributed by atoms with Gasteiger partial charge in [-0.15, -0.1) is 0 Å². The second kappa shape index (κ2) is 6.51. The van der Waals surface area contributed by atoms with Gasteiger partial charge in [0.2, 0.25) is 6.20 Å². The van der Waals surface area contributed by atoms with E-state index >= 15 is 0 Å². The molecular formula is C12H20N4O3. The summed E-state index contributed by atoms with van der Waals surface area (Å²) in [6.07, 6.45) is 3.63. The van der Waals surface area contributed by atoms with Crippen LogP contribution < -0.4 is 4.68 Å². The van der Waals surface area contributed by atoms with Gasteiger partial charge >= 0.3 is 5.97 Å². The zero-order valence-electron chi connectivity index (χ0n) is 11.2. The highest BCUT2D eigenvalue weighted by Crippen LogP contribution is 2.17. The number of nitrogens with zero attached hydrogens (tertiary/aromatic N) is 3. The summed E-state index contributed by atoms with van der Waals surface area (Å²) in [6, 6.07) is 0. The van der Waals surface area contributed by atoms with Crippen LogP contribution >= 0.6 is 0 Å². The van der Waals surface area contributed by atoms with Gasteiger partial charge in [-0.05, 0) is 32.9 Å². The second-order valence-corrected chi connectivity index (χ2v) is 4.81. The van der Waals surface area contributed by atoms with Crippen LogP contribution in [0.2, 0.25) is 0 Å². The molecule has 1 aliphatic rings. The van der Waals surface area contributed by atoms with Gasteiger partial charge in [-0.25, -0.2) is 0 Å². The maximum atomic E-state index is 11.4.